The van der Waals surface area contributed by atoms with Gasteiger partial charge in [0.2, 0.25) is 0 Å². The van der Waals surface area contributed by atoms with Crippen LogP contribution in [0, 0.1) is 13.8 Å². The third kappa shape index (κ3) is 3.70. The summed E-state index contributed by atoms with van der Waals surface area (Å²) in [4.78, 5) is 12.1. The van der Waals surface area contributed by atoms with Gasteiger partial charge in [-0.3, -0.25) is 4.79 Å². The normalized spacial score (nSPS) is 12.2. The first kappa shape index (κ1) is 15.3. The van der Waals surface area contributed by atoms with E-state index in [-0.39, 0.29) is 11.9 Å². The second kappa shape index (κ2) is 6.54. The number of methoxy groups -OCH3 is 1. The third-order valence-corrected chi connectivity index (χ3v) is 3.18. The van der Waals surface area contributed by atoms with Crippen LogP contribution in [0.15, 0.2) is 30.3 Å². The minimum Gasteiger partial charge on any atom is -0.383 e. The van der Waals surface area contributed by atoms with Gasteiger partial charge in [0.15, 0.2) is 0 Å². The zero-order chi connectivity index (χ0) is 15.4. The van der Waals surface area contributed by atoms with Gasteiger partial charge in [-0.15, -0.1) is 0 Å². The molecule has 112 valence electrons. The van der Waals surface area contributed by atoms with Crippen molar-refractivity contribution in [3.05, 3.63) is 47.3 Å². The van der Waals surface area contributed by atoms with Crippen molar-refractivity contribution in [3.8, 4) is 5.69 Å². The van der Waals surface area contributed by atoms with Crippen molar-refractivity contribution in [1.82, 2.24) is 15.1 Å². The smallest absolute Gasteiger partial charge is 0.251 e. The number of ether oxygens (including phenoxy) is 1. The van der Waals surface area contributed by atoms with Gasteiger partial charge in [0.05, 0.1) is 18.0 Å². The van der Waals surface area contributed by atoms with E-state index < -0.39 is 0 Å². The van der Waals surface area contributed by atoms with Gasteiger partial charge in [-0.25, -0.2) is 4.68 Å². The van der Waals surface area contributed by atoms with Gasteiger partial charge < -0.3 is 10.1 Å². The molecule has 5 heteroatoms. The molecule has 2 aromatic rings. The average Bonchev–Trinajstić information content (AvgIpc) is 2.78. The Labute approximate surface area is 124 Å². The molecule has 0 unspecified atom stereocenters. The van der Waals surface area contributed by atoms with E-state index in [4.69, 9.17) is 4.74 Å². The fourth-order valence-corrected chi connectivity index (χ4v) is 2.24. The molecule has 1 atom stereocenters. The Morgan fingerprint density at radius 2 is 2.00 bits per heavy atom. The number of benzene rings is 1. The van der Waals surface area contributed by atoms with Crippen molar-refractivity contribution in [2.24, 2.45) is 0 Å². The van der Waals surface area contributed by atoms with E-state index in [9.17, 15) is 4.79 Å². The van der Waals surface area contributed by atoms with Gasteiger partial charge >= 0.3 is 0 Å². The van der Waals surface area contributed by atoms with E-state index in [0.717, 1.165) is 17.1 Å². The van der Waals surface area contributed by atoms with Crippen LogP contribution in [-0.4, -0.2) is 35.4 Å². The summed E-state index contributed by atoms with van der Waals surface area (Å²) in [7, 11) is 1.62. The molecule has 0 radical (unpaired) electrons. The van der Waals surface area contributed by atoms with Crippen LogP contribution in [0.25, 0.3) is 5.69 Å². The number of carbonyl (C=O) groups excluding carboxylic acids is 1. The van der Waals surface area contributed by atoms with Gasteiger partial charge in [0.25, 0.3) is 5.91 Å². The van der Waals surface area contributed by atoms with E-state index >= 15 is 0 Å². The summed E-state index contributed by atoms with van der Waals surface area (Å²) in [5.41, 5.74) is 3.62. The number of rotatable bonds is 5. The molecule has 1 heterocycles. The predicted molar refractivity (Wildman–Crippen MR) is 81.8 cm³/mol. The Morgan fingerprint density at radius 3 is 2.52 bits per heavy atom. The maximum absolute atomic E-state index is 12.1. The second-order valence-electron chi connectivity index (χ2n) is 5.22. The largest absolute Gasteiger partial charge is 0.383 e. The lowest BCUT2D eigenvalue weighted by Gasteiger charge is -2.13. The van der Waals surface area contributed by atoms with Crippen LogP contribution in [0.3, 0.4) is 0 Å². The summed E-state index contributed by atoms with van der Waals surface area (Å²) in [6, 6.07) is 9.41. The first-order valence-electron chi connectivity index (χ1n) is 6.94. The number of nitrogens with one attached hydrogen (secondary N) is 1. The molecular formula is C16H21N3O2. The molecule has 0 saturated carbocycles. The van der Waals surface area contributed by atoms with Crippen molar-refractivity contribution in [3.63, 3.8) is 0 Å². The summed E-state index contributed by atoms with van der Waals surface area (Å²) in [5, 5.41) is 7.31. The number of aryl methyl sites for hydroxylation is 2. The van der Waals surface area contributed by atoms with Crippen LogP contribution in [0.1, 0.15) is 28.7 Å². The van der Waals surface area contributed by atoms with Crippen LogP contribution < -0.4 is 5.32 Å². The van der Waals surface area contributed by atoms with Crippen molar-refractivity contribution in [2.75, 3.05) is 13.7 Å². The van der Waals surface area contributed by atoms with Crippen LogP contribution in [0.5, 0.6) is 0 Å². The van der Waals surface area contributed by atoms with Crippen molar-refractivity contribution < 1.29 is 9.53 Å². The number of nitrogens with zero attached hydrogens (tertiary/aromatic N) is 2. The Kier molecular flexibility index (Phi) is 4.75. The standard InChI is InChI=1S/C16H21N3O2/c1-11-9-13(3)19(18-11)15-7-5-14(6-8-15)16(20)17-12(2)10-21-4/h5-9,12H,10H2,1-4H3,(H,17,20)/t12-/m0/s1. The van der Waals surface area contributed by atoms with Gasteiger partial charge in [0.1, 0.15) is 0 Å². The molecule has 0 spiro atoms. The monoisotopic (exact) mass is 287 g/mol. The fraction of sp³-hybridized carbons (Fsp3) is 0.375. The lowest BCUT2D eigenvalue weighted by atomic mass is 10.2. The Morgan fingerprint density at radius 1 is 1.33 bits per heavy atom. The van der Waals surface area contributed by atoms with Crippen LogP contribution in [-0.2, 0) is 4.74 Å². The SMILES string of the molecule is COC[C@H](C)NC(=O)c1ccc(-n2nc(C)cc2C)cc1. The summed E-state index contributed by atoms with van der Waals surface area (Å²) in [6.07, 6.45) is 0. The summed E-state index contributed by atoms with van der Waals surface area (Å²) >= 11 is 0. The molecule has 21 heavy (non-hydrogen) atoms. The van der Waals surface area contributed by atoms with E-state index in [2.05, 4.69) is 10.4 Å². The van der Waals surface area contributed by atoms with Crippen molar-refractivity contribution in [2.45, 2.75) is 26.8 Å². The highest BCUT2D eigenvalue weighted by Crippen LogP contribution is 2.13. The highest BCUT2D eigenvalue weighted by Gasteiger charge is 2.10. The second-order valence-corrected chi connectivity index (χ2v) is 5.22. The molecule has 1 amide bonds. The average molecular weight is 287 g/mol. The highest BCUT2D eigenvalue weighted by atomic mass is 16.5. The zero-order valence-corrected chi connectivity index (χ0v) is 12.9. The van der Waals surface area contributed by atoms with Gasteiger partial charge in [-0.2, -0.15) is 5.10 Å². The van der Waals surface area contributed by atoms with Crippen molar-refractivity contribution >= 4 is 5.91 Å². The number of aromatic nitrogens is 2. The number of carbonyl (C=O) groups is 1. The number of hydrogen-bond acceptors (Lipinski definition) is 3. The molecule has 0 fully saturated rings. The molecule has 0 aliphatic carbocycles. The quantitative estimate of drug-likeness (QED) is 0.917. The number of amides is 1. The molecular weight excluding hydrogens is 266 g/mol. The van der Waals surface area contributed by atoms with Gasteiger partial charge in [0, 0.05) is 24.4 Å². The van der Waals surface area contributed by atoms with E-state index in [1.54, 1.807) is 19.2 Å². The molecule has 0 aliphatic rings. The molecule has 0 aliphatic heterocycles. The predicted octanol–water partition coefficient (Wildman–Crippen LogP) is 2.25. The minimum atomic E-state index is -0.0977. The Hall–Kier alpha value is -2.14. The molecule has 0 saturated heterocycles. The van der Waals surface area contributed by atoms with Crippen molar-refractivity contribution in [1.29, 1.82) is 0 Å². The van der Waals surface area contributed by atoms with Gasteiger partial charge in [-0.1, -0.05) is 0 Å². The minimum absolute atomic E-state index is 0.0156. The lowest BCUT2D eigenvalue weighted by molar-refractivity contribution is 0.0905. The Balaban J connectivity index is 2.12. The Bertz CT molecular complexity index is 617. The first-order chi connectivity index (χ1) is 10.0. The maximum atomic E-state index is 12.1. The summed E-state index contributed by atoms with van der Waals surface area (Å²) < 4.78 is 6.87. The van der Waals surface area contributed by atoms with E-state index in [1.807, 2.05) is 43.7 Å². The van der Waals surface area contributed by atoms with Gasteiger partial charge in [-0.05, 0) is 51.1 Å². The molecule has 2 rings (SSSR count). The molecule has 1 N–H and O–H groups in total. The molecule has 1 aromatic heterocycles. The molecule has 1 aromatic carbocycles. The first-order valence-corrected chi connectivity index (χ1v) is 6.94. The van der Waals surface area contributed by atoms with Crippen LogP contribution >= 0.6 is 0 Å². The van der Waals surface area contributed by atoms with E-state index in [0.29, 0.717) is 12.2 Å². The summed E-state index contributed by atoms with van der Waals surface area (Å²) in [6.45, 7) is 6.37. The highest BCUT2D eigenvalue weighted by molar-refractivity contribution is 5.94. The summed E-state index contributed by atoms with van der Waals surface area (Å²) in [5.74, 6) is -0.0977. The zero-order valence-electron chi connectivity index (χ0n) is 12.9. The third-order valence-electron chi connectivity index (χ3n) is 3.18. The molecule has 0 bridgehead atoms. The maximum Gasteiger partial charge on any atom is 0.251 e. The topological polar surface area (TPSA) is 56.1 Å². The van der Waals surface area contributed by atoms with E-state index in [1.165, 1.54) is 0 Å². The van der Waals surface area contributed by atoms with Crippen LogP contribution in [0.2, 0.25) is 0 Å². The number of hydrogen-bond donors (Lipinski definition) is 1. The fourth-order valence-electron chi connectivity index (χ4n) is 2.24. The molecule has 5 nitrogen and oxygen atoms in total. The lowest BCUT2D eigenvalue weighted by Crippen LogP contribution is -2.35. The van der Waals surface area contributed by atoms with Crippen LogP contribution in [0.4, 0.5) is 0 Å².